The van der Waals surface area contributed by atoms with Crippen molar-refractivity contribution in [1.29, 1.82) is 0 Å². The molecule has 7 heteroatoms. The van der Waals surface area contributed by atoms with Crippen molar-refractivity contribution in [2.24, 2.45) is 11.5 Å². The van der Waals surface area contributed by atoms with E-state index in [2.05, 4.69) is 5.32 Å². The van der Waals surface area contributed by atoms with E-state index in [1.807, 2.05) is 6.55 Å². The second kappa shape index (κ2) is 14.0. The zero-order chi connectivity index (χ0) is 13.6. The lowest BCUT2D eigenvalue weighted by Crippen LogP contribution is -2.35. The van der Waals surface area contributed by atoms with Gasteiger partial charge in [0.1, 0.15) is 0 Å². The first-order valence-corrected chi connectivity index (χ1v) is 8.44. The first-order valence-electron chi connectivity index (χ1n) is 5.92. The van der Waals surface area contributed by atoms with Gasteiger partial charge in [-0.25, -0.2) is 0 Å². The number of hydrogen-bond acceptors (Lipinski definition) is 6. The summed E-state index contributed by atoms with van der Waals surface area (Å²) in [6.07, 6.45) is 0.768. The van der Waals surface area contributed by atoms with Crippen LogP contribution >= 0.6 is 0 Å². The maximum absolute atomic E-state index is 8.53. The highest BCUT2D eigenvalue weighted by atomic mass is 28.4. The van der Waals surface area contributed by atoms with Gasteiger partial charge in [-0.15, -0.1) is 0 Å². The van der Waals surface area contributed by atoms with Gasteiger partial charge in [0.25, 0.3) is 0 Å². The molecule has 0 aliphatic carbocycles. The Morgan fingerprint density at radius 3 is 1.88 bits per heavy atom. The molecular weight excluding hydrogens is 238 g/mol. The number of aliphatic hydroxyl groups is 1. The van der Waals surface area contributed by atoms with Crippen molar-refractivity contribution in [3.8, 4) is 0 Å². The second-order valence-corrected chi connectivity index (χ2v) is 7.28. The van der Waals surface area contributed by atoms with Crippen molar-refractivity contribution in [3.05, 3.63) is 0 Å². The molecule has 0 rings (SSSR count). The Balaban J connectivity index is 0. The van der Waals surface area contributed by atoms with Crippen LogP contribution in [-0.4, -0.2) is 60.7 Å². The van der Waals surface area contributed by atoms with Crippen LogP contribution < -0.4 is 16.8 Å². The highest BCUT2D eigenvalue weighted by molar-refractivity contribution is 6.65. The molecule has 0 spiro atoms. The number of aliphatic hydroxyl groups excluding tert-OH is 1. The predicted octanol–water partition coefficient (Wildman–Crippen LogP) is -0.773. The molecule has 0 atom stereocenters. The average molecular weight is 267 g/mol. The van der Waals surface area contributed by atoms with Gasteiger partial charge in [-0.05, 0) is 19.0 Å². The Labute approximate surface area is 106 Å². The quantitative estimate of drug-likeness (QED) is 0.323. The van der Waals surface area contributed by atoms with Gasteiger partial charge in [-0.1, -0.05) is 0 Å². The van der Waals surface area contributed by atoms with E-state index < -0.39 is 8.56 Å². The van der Waals surface area contributed by atoms with Crippen LogP contribution in [0.3, 0.4) is 0 Å². The Morgan fingerprint density at radius 1 is 1.12 bits per heavy atom. The molecule has 106 valence electrons. The monoisotopic (exact) mass is 267 g/mol. The zero-order valence-electron chi connectivity index (χ0n) is 11.4. The van der Waals surface area contributed by atoms with E-state index in [1.165, 1.54) is 0 Å². The van der Waals surface area contributed by atoms with Gasteiger partial charge in [0.15, 0.2) is 0 Å². The van der Waals surface area contributed by atoms with E-state index in [4.69, 9.17) is 25.4 Å². The van der Waals surface area contributed by atoms with Crippen LogP contribution in [0.5, 0.6) is 0 Å². The fourth-order valence-electron chi connectivity index (χ4n) is 1.02. The Morgan fingerprint density at radius 2 is 1.59 bits per heavy atom. The molecule has 6 N–H and O–H groups in total. The molecule has 0 fully saturated rings. The fraction of sp³-hybridized carbons (Fsp3) is 1.00. The van der Waals surface area contributed by atoms with Crippen molar-refractivity contribution >= 4 is 8.56 Å². The molecule has 0 radical (unpaired) electrons. The summed E-state index contributed by atoms with van der Waals surface area (Å²) in [5.41, 5.74) is 10.3. The van der Waals surface area contributed by atoms with Crippen molar-refractivity contribution in [2.45, 2.75) is 19.0 Å². The highest BCUT2D eigenvalue weighted by Crippen LogP contribution is 2.12. The fourth-order valence-corrected chi connectivity index (χ4v) is 2.39. The molecule has 0 bridgehead atoms. The summed E-state index contributed by atoms with van der Waals surface area (Å²) in [5.74, 6) is 0. The van der Waals surface area contributed by atoms with Crippen LogP contribution in [0.25, 0.3) is 0 Å². The summed E-state index contributed by atoms with van der Waals surface area (Å²) >= 11 is 0. The van der Waals surface area contributed by atoms with E-state index in [9.17, 15) is 0 Å². The third-order valence-corrected chi connectivity index (χ3v) is 5.28. The molecule has 0 aliphatic rings. The first kappa shape index (κ1) is 19.3. The SMILES string of the molecule is CO[Si](C)(CCCO)OC.NCCNCCN. The van der Waals surface area contributed by atoms with E-state index in [1.54, 1.807) is 14.2 Å². The molecule has 0 aromatic heterocycles. The topological polar surface area (TPSA) is 103 Å². The third kappa shape index (κ3) is 13.9. The minimum absolute atomic E-state index is 0.218. The smallest absolute Gasteiger partial charge is 0.334 e. The van der Waals surface area contributed by atoms with Gasteiger partial charge in [-0.3, -0.25) is 0 Å². The summed E-state index contributed by atoms with van der Waals surface area (Å²) in [4.78, 5) is 0. The molecule has 0 heterocycles. The summed E-state index contributed by atoms with van der Waals surface area (Å²) in [6, 6.07) is 0.858. The number of nitrogens with one attached hydrogen (secondary N) is 1. The standard InChI is InChI=1S/C6H16O3Si.C4H13N3/c1-8-10(3,9-2)6-4-5-7;5-1-3-7-4-2-6/h7H,4-6H2,1-3H3;7H,1-6H2. The van der Waals surface area contributed by atoms with E-state index in [-0.39, 0.29) is 6.61 Å². The molecule has 0 saturated carbocycles. The minimum Gasteiger partial charge on any atom is -0.398 e. The molecule has 0 aliphatic heterocycles. The number of hydrogen-bond donors (Lipinski definition) is 4. The molecule has 17 heavy (non-hydrogen) atoms. The summed E-state index contributed by atoms with van der Waals surface area (Å²) in [6.45, 7) is 5.34. The van der Waals surface area contributed by atoms with Crippen LogP contribution in [0.4, 0.5) is 0 Å². The van der Waals surface area contributed by atoms with Gasteiger partial charge in [0, 0.05) is 47.0 Å². The minimum atomic E-state index is -1.88. The predicted molar refractivity (Wildman–Crippen MR) is 73.1 cm³/mol. The lowest BCUT2D eigenvalue weighted by molar-refractivity contribution is 0.238. The summed E-state index contributed by atoms with van der Waals surface area (Å²) in [7, 11) is 1.44. The van der Waals surface area contributed by atoms with Crippen LogP contribution in [0, 0.1) is 0 Å². The summed E-state index contributed by atoms with van der Waals surface area (Å²) in [5, 5.41) is 11.6. The van der Waals surface area contributed by atoms with Gasteiger partial charge >= 0.3 is 8.56 Å². The van der Waals surface area contributed by atoms with Crippen molar-refractivity contribution in [2.75, 3.05) is 47.0 Å². The summed E-state index contributed by atoms with van der Waals surface area (Å²) < 4.78 is 10.4. The van der Waals surface area contributed by atoms with Crippen molar-refractivity contribution < 1.29 is 14.0 Å². The maximum Gasteiger partial charge on any atom is 0.334 e. The molecule has 0 unspecified atom stereocenters. The first-order chi connectivity index (χ1) is 8.10. The van der Waals surface area contributed by atoms with E-state index in [0.717, 1.165) is 25.6 Å². The Bertz CT molecular complexity index is 145. The number of nitrogens with two attached hydrogens (primary N) is 2. The second-order valence-electron chi connectivity index (χ2n) is 3.70. The van der Waals surface area contributed by atoms with E-state index >= 15 is 0 Å². The Kier molecular flexibility index (Phi) is 16.0. The highest BCUT2D eigenvalue weighted by Gasteiger charge is 2.27. The Hall–Kier alpha value is -0.0231. The molecule has 0 aromatic rings. The number of rotatable bonds is 9. The molecule has 0 amide bonds. The largest absolute Gasteiger partial charge is 0.398 e. The van der Waals surface area contributed by atoms with E-state index in [0.29, 0.717) is 13.1 Å². The molecule has 0 saturated heterocycles. The van der Waals surface area contributed by atoms with Crippen molar-refractivity contribution in [3.63, 3.8) is 0 Å². The van der Waals surface area contributed by atoms with Gasteiger partial charge in [0.2, 0.25) is 0 Å². The van der Waals surface area contributed by atoms with Crippen LogP contribution in [0.2, 0.25) is 12.6 Å². The third-order valence-electron chi connectivity index (χ3n) is 2.29. The van der Waals surface area contributed by atoms with Gasteiger partial charge < -0.3 is 30.7 Å². The van der Waals surface area contributed by atoms with Crippen LogP contribution in [0.1, 0.15) is 6.42 Å². The zero-order valence-corrected chi connectivity index (χ0v) is 12.4. The maximum atomic E-state index is 8.53. The molecule has 0 aromatic carbocycles. The van der Waals surface area contributed by atoms with Crippen LogP contribution in [0.15, 0.2) is 0 Å². The lowest BCUT2D eigenvalue weighted by atomic mass is 10.5. The van der Waals surface area contributed by atoms with Gasteiger partial charge in [0.05, 0.1) is 0 Å². The van der Waals surface area contributed by atoms with Crippen molar-refractivity contribution in [1.82, 2.24) is 5.32 Å². The van der Waals surface area contributed by atoms with Crippen LogP contribution in [-0.2, 0) is 8.85 Å². The van der Waals surface area contributed by atoms with Gasteiger partial charge in [-0.2, -0.15) is 0 Å². The molecule has 6 nitrogen and oxygen atoms in total. The average Bonchev–Trinajstić information content (AvgIpc) is 2.37. The normalized spacial score (nSPS) is 10.9. The lowest BCUT2D eigenvalue weighted by Gasteiger charge is -2.21. The molecular formula is C10H29N3O3Si.